The molecule has 2 heterocycles. The van der Waals surface area contributed by atoms with Crippen LogP contribution in [0.3, 0.4) is 0 Å². The Bertz CT molecular complexity index is 1080. The molecule has 4 rings (SSSR count). The SMILES string of the molecule is O=CN1CCc2cc(C(=O)CCNC(=O)CCCN3C(=O)c4ccccc4C3=O)ccc21. The van der Waals surface area contributed by atoms with Crippen molar-refractivity contribution in [2.45, 2.75) is 25.7 Å². The summed E-state index contributed by atoms with van der Waals surface area (Å²) in [6.45, 7) is 1.00. The summed E-state index contributed by atoms with van der Waals surface area (Å²) in [5.41, 5.74) is 3.16. The lowest BCUT2D eigenvalue weighted by Gasteiger charge is -2.13. The maximum absolute atomic E-state index is 12.4. The average Bonchev–Trinajstić information content (AvgIpc) is 3.33. The highest BCUT2D eigenvalue weighted by atomic mass is 16.2. The van der Waals surface area contributed by atoms with E-state index in [1.54, 1.807) is 41.3 Å². The highest BCUT2D eigenvalue weighted by Crippen LogP contribution is 2.28. The number of imide groups is 1. The monoisotopic (exact) mass is 433 g/mol. The van der Waals surface area contributed by atoms with E-state index in [9.17, 15) is 24.0 Å². The maximum atomic E-state index is 12.4. The molecule has 164 valence electrons. The number of Topliss-reactive ketones (excluding diaryl/α,β-unsaturated/α-hetero) is 1. The molecule has 0 aliphatic carbocycles. The van der Waals surface area contributed by atoms with Gasteiger partial charge in [0, 0.05) is 43.7 Å². The van der Waals surface area contributed by atoms with Gasteiger partial charge in [0.05, 0.1) is 11.1 Å². The van der Waals surface area contributed by atoms with E-state index in [1.807, 2.05) is 6.07 Å². The summed E-state index contributed by atoms with van der Waals surface area (Å²) in [6, 6.07) is 12.0. The number of carbonyl (C=O) groups excluding carboxylic acids is 5. The first-order valence-electron chi connectivity index (χ1n) is 10.6. The topological polar surface area (TPSA) is 104 Å². The van der Waals surface area contributed by atoms with Crippen molar-refractivity contribution in [2.75, 3.05) is 24.5 Å². The van der Waals surface area contributed by atoms with E-state index in [1.165, 1.54) is 4.90 Å². The van der Waals surface area contributed by atoms with Crippen LogP contribution < -0.4 is 10.2 Å². The van der Waals surface area contributed by atoms with Gasteiger partial charge in [-0.15, -0.1) is 0 Å². The number of hydrogen-bond donors (Lipinski definition) is 1. The predicted octanol–water partition coefficient (Wildman–Crippen LogP) is 1.97. The Morgan fingerprint density at radius 3 is 2.41 bits per heavy atom. The lowest BCUT2D eigenvalue weighted by atomic mass is 10.0. The Kier molecular flexibility index (Phi) is 6.11. The zero-order chi connectivity index (χ0) is 22.7. The van der Waals surface area contributed by atoms with Crippen molar-refractivity contribution in [3.8, 4) is 0 Å². The molecule has 2 aliphatic heterocycles. The molecule has 0 bridgehead atoms. The van der Waals surface area contributed by atoms with Gasteiger partial charge in [0.1, 0.15) is 0 Å². The third kappa shape index (κ3) is 4.16. The third-order valence-electron chi connectivity index (χ3n) is 5.80. The fraction of sp³-hybridized carbons (Fsp3) is 0.292. The molecule has 32 heavy (non-hydrogen) atoms. The highest BCUT2D eigenvalue weighted by molar-refractivity contribution is 6.21. The van der Waals surface area contributed by atoms with E-state index in [-0.39, 0.29) is 49.4 Å². The molecule has 2 aliphatic rings. The largest absolute Gasteiger partial charge is 0.356 e. The highest BCUT2D eigenvalue weighted by Gasteiger charge is 2.34. The fourth-order valence-electron chi connectivity index (χ4n) is 4.10. The van der Waals surface area contributed by atoms with Gasteiger partial charge in [0.15, 0.2) is 5.78 Å². The number of hydrogen-bond acceptors (Lipinski definition) is 5. The number of benzene rings is 2. The molecule has 2 aromatic carbocycles. The molecule has 8 nitrogen and oxygen atoms in total. The van der Waals surface area contributed by atoms with Crippen LogP contribution in [-0.2, 0) is 16.0 Å². The van der Waals surface area contributed by atoms with Gasteiger partial charge in [0.25, 0.3) is 11.8 Å². The normalized spacial score (nSPS) is 14.4. The molecule has 0 radical (unpaired) electrons. The van der Waals surface area contributed by atoms with Crippen molar-refractivity contribution in [3.05, 3.63) is 64.7 Å². The Hall–Kier alpha value is -3.81. The van der Waals surface area contributed by atoms with E-state index in [2.05, 4.69) is 5.32 Å². The number of nitrogens with one attached hydrogen (secondary N) is 1. The second-order valence-electron chi connectivity index (χ2n) is 7.83. The quantitative estimate of drug-likeness (QED) is 0.370. The Morgan fingerprint density at radius 1 is 1.00 bits per heavy atom. The van der Waals surface area contributed by atoms with Crippen molar-refractivity contribution in [1.82, 2.24) is 10.2 Å². The number of rotatable bonds is 9. The van der Waals surface area contributed by atoms with Crippen LogP contribution in [-0.4, -0.2) is 54.4 Å². The second kappa shape index (κ2) is 9.13. The minimum absolute atomic E-state index is 0.0799. The summed E-state index contributed by atoms with van der Waals surface area (Å²) < 4.78 is 0. The molecular weight excluding hydrogens is 410 g/mol. The van der Waals surface area contributed by atoms with Crippen LogP contribution in [0.25, 0.3) is 0 Å². The van der Waals surface area contributed by atoms with E-state index < -0.39 is 0 Å². The van der Waals surface area contributed by atoms with Crippen LogP contribution >= 0.6 is 0 Å². The molecule has 4 amide bonds. The number of ketones is 1. The number of nitrogens with zero attached hydrogens (tertiary/aromatic N) is 2. The summed E-state index contributed by atoms with van der Waals surface area (Å²) in [5, 5.41) is 2.71. The molecule has 1 N–H and O–H groups in total. The fourth-order valence-corrected chi connectivity index (χ4v) is 4.10. The summed E-state index contributed by atoms with van der Waals surface area (Å²) in [5.74, 6) is -0.974. The van der Waals surface area contributed by atoms with Gasteiger partial charge in [-0.25, -0.2) is 0 Å². The predicted molar refractivity (Wildman–Crippen MR) is 117 cm³/mol. The van der Waals surface area contributed by atoms with Crippen molar-refractivity contribution < 1.29 is 24.0 Å². The molecule has 0 atom stereocenters. The summed E-state index contributed by atoms with van der Waals surface area (Å²) in [7, 11) is 0. The van der Waals surface area contributed by atoms with Crippen molar-refractivity contribution in [3.63, 3.8) is 0 Å². The van der Waals surface area contributed by atoms with Crippen LogP contribution in [0.4, 0.5) is 5.69 Å². The molecule has 0 saturated heterocycles. The molecule has 0 unspecified atom stereocenters. The summed E-state index contributed by atoms with van der Waals surface area (Å²) in [4.78, 5) is 62.9. The summed E-state index contributed by atoms with van der Waals surface area (Å²) >= 11 is 0. The van der Waals surface area contributed by atoms with E-state index >= 15 is 0 Å². The molecule has 2 aromatic rings. The Labute approximate surface area is 185 Å². The number of fused-ring (bicyclic) bond motifs is 2. The van der Waals surface area contributed by atoms with Crippen LogP contribution in [0.2, 0.25) is 0 Å². The van der Waals surface area contributed by atoms with Crippen molar-refractivity contribution in [2.24, 2.45) is 0 Å². The first kappa shape index (κ1) is 21.4. The van der Waals surface area contributed by atoms with Crippen LogP contribution in [0.15, 0.2) is 42.5 Å². The van der Waals surface area contributed by atoms with Gasteiger partial charge >= 0.3 is 0 Å². The zero-order valence-electron chi connectivity index (χ0n) is 17.5. The standard InChI is InChI=1S/C24H23N3O5/c28-15-26-13-10-16-14-17(7-8-20(16)26)21(29)9-11-25-22(30)6-3-12-27-23(31)18-4-1-2-5-19(18)24(27)32/h1-2,4-5,7-8,14-15H,3,6,9-13H2,(H,25,30). The Balaban J connectivity index is 1.19. The van der Waals surface area contributed by atoms with E-state index in [0.29, 0.717) is 29.7 Å². The lowest BCUT2D eigenvalue weighted by molar-refractivity contribution is -0.121. The molecule has 0 aromatic heterocycles. The first-order valence-corrected chi connectivity index (χ1v) is 10.6. The lowest BCUT2D eigenvalue weighted by Crippen LogP contribution is -2.32. The molecule has 8 heteroatoms. The smallest absolute Gasteiger partial charge is 0.261 e. The van der Waals surface area contributed by atoms with E-state index in [0.717, 1.165) is 24.1 Å². The minimum Gasteiger partial charge on any atom is -0.356 e. The van der Waals surface area contributed by atoms with Crippen LogP contribution in [0.5, 0.6) is 0 Å². The zero-order valence-corrected chi connectivity index (χ0v) is 17.5. The van der Waals surface area contributed by atoms with E-state index in [4.69, 9.17) is 0 Å². The van der Waals surface area contributed by atoms with Crippen LogP contribution in [0, 0.1) is 0 Å². The summed E-state index contributed by atoms with van der Waals surface area (Å²) in [6.07, 6.45) is 2.18. The molecule has 0 fully saturated rings. The third-order valence-corrected chi connectivity index (χ3v) is 5.80. The molecular formula is C24H23N3O5. The number of anilines is 1. The number of amides is 4. The number of carbonyl (C=O) groups is 5. The van der Waals surface area contributed by atoms with Gasteiger partial charge in [0.2, 0.25) is 12.3 Å². The first-order chi connectivity index (χ1) is 15.5. The maximum Gasteiger partial charge on any atom is 0.261 e. The second-order valence-corrected chi connectivity index (χ2v) is 7.83. The molecule has 0 spiro atoms. The average molecular weight is 433 g/mol. The molecule has 0 saturated carbocycles. The minimum atomic E-state index is -0.331. The van der Waals surface area contributed by atoms with Gasteiger partial charge in [-0.1, -0.05) is 12.1 Å². The van der Waals surface area contributed by atoms with Gasteiger partial charge in [-0.2, -0.15) is 0 Å². The van der Waals surface area contributed by atoms with Gasteiger partial charge < -0.3 is 10.2 Å². The van der Waals surface area contributed by atoms with Crippen molar-refractivity contribution >= 4 is 35.6 Å². The van der Waals surface area contributed by atoms with Gasteiger partial charge in [-0.05, 0) is 48.7 Å². The Morgan fingerprint density at radius 2 is 1.72 bits per heavy atom. The van der Waals surface area contributed by atoms with Crippen molar-refractivity contribution in [1.29, 1.82) is 0 Å². The van der Waals surface area contributed by atoms with Crippen LogP contribution in [0.1, 0.15) is 55.9 Å². The van der Waals surface area contributed by atoms with Gasteiger partial charge in [-0.3, -0.25) is 28.9 Å².